The second kappa shape index (κ2) is 21.2. The molecule has 2 aromatic carbocycles. The number of hydrogen-bond acceptors (Lipinski definition) is 10. The highest BCUT2D eigenvalue weighted by molar-refractivity contribution is 7.85. The number of anilines is 1. The van der Waals surface area contributed by atoms with Crippen molar-refractivity contribution in [2.45, 2.75) is 105 Å². The van der Waals surface area contributed by atoms with Gasteiger partial charge in [-0.15, -0.1) is 0 Å². The van der Waals surface area contributed by atoms with E-state index in [4.69, 9.17) is 0 Å². The maximum atomic E-state index is 13.9. The summed E-state index contributed by atoms with van der Waals surface area (Å²) in [6.07, 6.45) is 8.08. The Labute approximate surface area is 372 Å². The summed E-state index contributed by atoms with van der Waals surface area (Å²) in [5, 5.41) is 11.6. The monoisotopic (exact) mass is 912 g/mol. The lowest BCUT2D eigenvalue weighted by atomic mass is 9.78. The van der Waals surface area contributed by atoms with E-state index in [0.29, 0.717) is 85.8 Å². The zero-order valence-corrected chi connectivity index (χ0v) is 39.4. The number of fused-ring (bicyclic) bond motifs is 2. The Morgan fingerprint density at radius 2 is 1.19 bits per heavy atom. The van der Waals surface area contributed by atoms with Crippen molar-refractivity contribution in [3.8, 4) is 0 Å². The summed E-state index contributed by atoms with van der Waals surface area (Å²) in [6, 6.07) is 6.51. The fourth-order valence-corrected chi connectivity index (χ4v) is 9.24. The van der Waals surface area contributed by atoms with E-state index in [9.17, 15) is 45.1 Å². The predicted octanol–water partition coefficient (Wildman–Crippen LogP) is 5.07. The van der Waals surface area contributed by atoms with Gasteiger partial charge in [-0.2, -0.15) is 13.0 Å². The number of amides is 4. The second-order valence-corrected chi connectivity index (χ2v) is 20.1. The lowest BCUT2D eigenvalue weighted by Crippen LogP contribution is -2.32. The Balaban J connectivity index is 1.99. The Morgan fingerprint density at radius 3 is 1.68 bits per heavy atom. The number of nitrogens with one attached hydrogen (secondary N) is 4. The van der Waals surface area contributed by atoms with E-state index in [-0.39, 0.29) is 71.8 Å². The van der Waals surface area contributed by atoms with Gasteiger partial charge >= 0.3 is 0 Å². The normalized spacial score (nSPS) is 16.0. The van der Waals surface area contributed by atoms with Crippen molar-refractivity contribution < 1.29 is 49.7 Å². The zero-order valence-electron chi connectivity index (χ0n) is 37.8. The van der Waals surface area contributed by atoms with Crippen LogP contribution in [0, 0.1) is 0 Å². The Bertz CT molecular complexity index is 2400. The molecule has 2 aliphatic rings. The van der Waals surface area contributed by atoms with Crippen molar-refractivity contribution in [2.24, 2.45) is 0 Å². The highest BCUT2D eigenvalue weighted by atomic mass is 32.2. The van der Waals surface area contributed by atoms with Crippen LogP contribution in [0.4, 0.5) is 11.4 Å². The molecule has 0 spiro atoms. The number of carbonyl (C=O) groups excluding carboxylic acids is 4. The summed E-state index contributed by atoms with van der Waals surface area (Å²) in [5.74, 6) is -2.70. The maximum absolute atomic E-state index is 13.9. The van der Waals surface area contributed by atoms with Gasteiger partial charge in [0.15, 0.2) is 5.71 Å². The molecule has 16 nitrogen and oxygen atoms in total. The molecule has 2 heterocycles. The molecule has 0 aliphatic carbocycles. The number of carbonyl (C=O) groups is 4. The lowest BCUT2D eigenvalue weighted by molar-refractivity contribution is -0.437. The third kappa shape index (κ3) is 12.2. The van der Waals surface area contributed by atoms with Gasteiger partial charge in [0.25, 0.3) is 33.7 Å². The minimum atomic E-state index is -4.58. The minimum Gasteiger partial charge on any atom is -0.748 e. The van der Waals surface area contributed by atoms with Gasteiger partial charge in [0.05, 0.1) is 32.4 Å². The van der Waals surface area contributed by atoms with Crippen LogP contribution in [-0.2, 0) is 31.1 Å². The first-order chi connectivity index (χ1) is 29.5. The van der Waals surface area contributed by atoms with E-state index in [2.05, 4.69) is 21.3 Å². The first-order valence-corrected chi connectivity index (χ1v) is 24.9. The van der Waals surface area contributed by atoms with Crippen LogP contribution in [0.15, 0.2) is 48.2 Å². The van der Waals surface area contributed by atoms with Gasteiger partial charge in [-0.3, -0.25) is 23.7 Å². The van der Waals surface area contributed by atoms with Gasteiger partial charge in [0, 0.05) is 96.1 Å². The molecule has 0 fully saturated rings. The molecule has 346 valence electrons. The molecule has 18 heteroatoms. The van der Waals surface area contributed by atoms with Gasteiger partial charge in [-0.25, -0.2) is 8.42 Å². The van der Waals surface area contributed by atoms with Crippen molar-refractivity contribution in [2.75, 3.05) is 55.7 Å². The van der Waals surface area contributed by atoms with E-state index < -0.39 is 42.6 Å². The van der Waals surface area contributed by atoms with Crippen LogP contribution in [0.3, 0.4) is 0 Å². The quantitative estimate of drug-likeness (QED) is 0.0773. The summed E-state index contributed by atoms with van der Waals surface area (Å²) in [7, 11) is -8.91. The lowest BCUT2D eigenvalue weighted by Gasteiger charge is -2.27. The average Bonchev–Trinajstić information content (AvgIpc) is 3.56. The van der Waals surface area contributed by atoms with Crippen LogP contribution < -0.4 is 26.2 Å². The number of rotatable bonds is 22. The van der Waals surface area contributed by atoms with Gasteiger partial charge < -0.3 is 30.7 Å². The SMILES string of the molecule is CCCNC(=O)c1cc(C(=O)NCCC)c2c(c1)N(CCCS(=O)(=O)O)/C(=C/C=C/C1=[N+](CCCS(=O)(=O)[O-])c3cc(C(=O)NCCC)cc(C(=O)NCCC)c3C1(C)C)C2(C)C. The van der Waals surface area contributed by atoms with E-state index >= 15 is 0 Å². The van der Waals surface area contributed by atoms with Crippen LogP contribution in [0.2, 0.25) is 0 Å². The molecule has 0 bridgehead atoms. The summed E-state index contributed by atoms with van der Waals surface area (Å²) in [4.78, 5) is 56.5. The van der Waals surface area contributed by atoms with Crippen molar-refractivity contribution >= 4 is 61.0 Å². The molecule has 0 unspecified atom stereocenters. The molecule has 0 aromatic heterocycles. The van der Waals surface area contributed by atoms with Crippen molar-refractivity contribution in [1.82, 2.24) is 21.3 Å². The third-order valence-electron chi connectivity index (χ3n) is 11.2. The van der Waals surface area contributed by atoms with Crippen LogP contribution >= 0.6 is 0 Å². The molecule has 5 N–H and O–H groups in total. The van der Waals surface area contributed by atoms with E-state index in [1.165, 1.54) is 0 Å². The zero-order chi connectivity index (χ0) is 46.9. The van der Waals surface area contributed by atoms with Gasteiger partial charge in [-0.05, 0) is 70.2 Å². The van der Waals surface area contributed by atoms with Crippen LogP contribution in [0.1, 0.15) is 146 Å². The Kier molecular flexibility index (Phi) is 17.1. The minimum absolute atomic E-state index is 0.00614. The maximum Gasteiger partial charge on any atom is 0.264 e. The molecule has 2 aliphatic heterocycles. The number of benzene rings is 2. The van der Waals surface area contributed by atoms with Crippen LogP contribution in [-0.4, -0.2) is 111 Å². The highest BCUT2D eigenvalue weighted by Crippen LogP contribution is 2.50. The molecular weight excluding hydrogens is 849 g/mol. The third-order valence-corrected chi connectivity index (χ3v) is 12.7. The van der Waals surface area contributed by atoms with Crippen molar-refractivity contribution in [1.29, 1.82) is 0 Å². The van der Waals surface area contributed by atoms with E-state index in [0.717, 1.165) is 0 Å². The summed E-state index contributed by atoms with van der Waals surface area (Å²) in [6.45, 7) is 17.1. The average molecular weight is 913 g/mol. The van der Waals surface area contributed by atoms with Gasteiger partial charge in [0.1, 0.15) is 6.54 Å². The van der Waals surface area contributed by atoms with E-state index in [1.807, 2.05) is 77.0 Å². The fraction of sp³-hybridized carbons (Fsp3) is 0.533. The highest BCUT2D eigenvalue weighted by Gasteiger charge is 2.48. The molecule has 2 aromatic rings. The molecular formula is C45H64N6O10S2. The first kappa shape index (κ1) is 50.7. The van der Waals surface area contributed by atoms with Crippen LogP contribution in [0.5, 0.6) is 0 Å². The van der Waals surface area contributed by atoms with Gasteiger partial charge in [0.2, 0.25) is 5.69 Å². The Morgan fingerprint density at radius 1 is 0.698 bits per heavy atom. The van der Waals surface area contributed by atoms with Crippen LogP contribution in [0.25, 0.3) is 0 Å². The number of nitrogens with zero attached hydrogens (tertiary/aromatic N) is 2. The summed E-state index contributed by atoms with van der Waals surface area (Å²) >= 11 is 0. The number of allylic oxidation sites excluding steroid dienone is 4. The molecule has 0 atom stereocenters. The topological polar surface area (TPSA) is 234 Å². The van der Waals surface area contributed by atoms with Crippen molar-refractivity contribution in [3.63, 3.8) is 0 Å². The molecule has 4 amide bonds. The van der Waals surface area contributed by atoms with Gasteiger partial charge in [-0.1, -0.05) is 47.6 Å². The molecule has 0 radical (unpaired) electrons. The smallest absolute Gasteiger partial charge is 0.264 e. The van der Waals surface area contributed by atoms with E-state index in [1.54, 1.807) is 30.3 Å². The summed E-state index contributed by atoms with van der Waals surface area (Å²) in [5.41, 5.74) is 2.78. The number of hydrogen-bond donors (Lipinski definition) is 5. The second-order valence-electron chi connectivity index (χ2n) is 17.0. The molecule has 0 saturated carbocycles. The molecule has 63 heavy (non-hydrogen) atoms. The predicted molar refractivity (Wildman–Crippen MR) is 244 cm³/mol. The molecule has 0 saturated heterocycles. The fourth-order valence-electron chi connectivity index (χ4n) is 8.27. The largest absolute Gasteiger partial charge is 0.748 e. The van der Waals surface area contributed by atoms with Crippen molar-refractivity contribution in [3.05, 3.63) is 81.6 Å². The summed E-state index contributed by atoms with van der Waals surface area (Å²) < 4.78 is 70.7. The first-order valence-electron chi connectivity index (χ1n) is 21.7. The molecule has 4 rings (SSSR count). The Hall–Kier alpha value is -4.91. The standard InChI is InChI=1S/C45H64N6O10S2/c1-9-18-46-40(52)30-26-32(42(54)48-20-11-3)38-34(28-30)50(22-14-24-62(56,57)58)36(44(38,5)6)16-13-17-37-45(7,8)39-33(43(55)49-21-12-4)27-31(41(53)47-19-10-2)29-35(39)51(37)23-15-25-63(59,60)61/h13,16-17,26-29H,9-12,14-15,18-25H2,1-8H3,(H5-,46,47,48,49,52,53,54,55,56,57,58,59,60,61).